The minimum absolute atomic E-state index is 0.174. The molecule has 0 saturated heterocycles. The van der Waals surface area contributed by atoms with E-state index in [-0.39, 0.29) is 5.75 Å². The van der Waals surface area contributed by atoms with Crippen molar-refractivity contribution in [2.24, 2.45) is 0 Å². The van der Waals surface area contributed by atoms with Crippen molar-refractivity contribution < 1.29 is 13.0 Å². The molecule has 0 spiro atoms. The maximum absolute atomic E-state index is 10.3. The topological polar surface area (TPSA) is 54.4 Å². The molecule has 3 nitrogen and oxygen atoms in total. The van der Waals surface area contributed by atoms with Gasteiger partial charge in [0.05, 0.1) is 5.75 Å². The third kappa shape index (κ3) is 2.49. The van der Waals surface area contributed by atoms with Gasteiger partial charge in [0.2, 0.25) is 0 Å². The molecule has 0 aromatic heterocycles. The molecule has 1 aliphatic rings. The van der Waals surface area contributed by atoms with Gasteiger partial charge in [-0.05, 0) is 19.3 Å². The van der Waals surface area contributed by atoms with E-state index in [1.165, 1.54) is 0 Å². The van der Waals surface area contributed by atoms with E-state index in [4.69, 9.17) is 4.55 Å². The van der Waals surface area contributed by atoms with Gasteiger partial charge in [0.1, 0.15) is 0 Å². The van der Waals surface area contributed by atoms with Gasteiger partial charge in [0.25, 0.3) is 10.1 Å². The fraction of sp³-hybridized carbons (Fsp3) is 0.667. The lowest BCUT2D eigenvalue weighted by atomic mass is 10.3. The molecule has 58 valence electrons. The van der Waals surface area contributed by atoms with Gasteiger partial charge in [0.15, 0.2) is 0 Å². The first-order valence-corrected chi connectivity index (χ1v) is 4.82. The number of hydrogen-bond donors (Lipinski definition) is 1. The predicted molar refractivity (Wildman–Crippen MR) is 38.3 cm³/mol. The van der Waals surface area contributed by atoms with Crippen molar-refractivity contribution in [3.8, 4) is 0 Å². The Morgan fingerprint density at radius 1 is 1.60 bits per heavy atom. The highest BCUT2D eigenvalue weighted by Crippen LogP contribution is 2.18. The lowest BCUT2D eigenvalue weighted by molar-refractivity contribution is 0.485. The van der Waals surface area contributed by atoms with Gasteiger partial charge in [-0.1, -0.05) is 11.6 Å². The summed E-state index contributed by atoms with van der Waals surface area (Å²) in [5.74, 6) is -0.174. The summed E-state index contributed by atoms with van der Waals surface area (Å²) in [6.45, 7) is 0. The van der Waals surface area contributed by atoms with Crippen LogP contribution in [0, 0.1) is 0 Å². The molecular weight excluding hydrogens is 152 g/mol. The van der Waals surface area contributed by atoms with Gasteiger partial charge in [-0.3, -0.25) is 4.55 Å². The summed E-state index contributed by atoms with van der Waals surface area (Å²) in [6, 6.07) is 0. The van der Waals surface area contributed by atoms with Crippen LogP contribution in [0.3, 0.4) is 0 Å². The van der Waals surface area contributed by atoms with Crippen molar-refractivity contribution in [3.63, 3.8) is 0 Å². The van der Waals surface area contributed by atoms with Gasteiger partial charge in [-0.2, -0.15) is 8.42 Å². The standard InChI is InChI=1S/C6H10O3S/c7-10(8,9)5-6-3-1-2-4-6/h3H,1-2,4-5H2,(H,7,8,9). The lowest BCUT2D eigenvalue weighted by Gasteiger charge is -1.95. The summed E-state index contributed by atoms with van der Waals surface area (Å²) in [5.41, 5.74) is 0.850. The summed E-state index contributed by atoms with van der Waals surface area (Å²) < 4.78 is 29.0. The second-order valence-corrected chi connectivity index (χ2v) is 3.93. The van der Waals surface area contributed by atoms with Crippen molar-refractivity contribution >= 4 is 10.1 Å². The van der Waals surface area contributed by atoms with Gasteiger partial charge >= 0.3 is 0 Å². The zero-order valence-electron chi connectivity index (χ0n) is 5.58. The highest BCUT2D eigenvalue weighted by molar-refractivity contribution is 7.85. The van der Waals surface area contributed by atoms with E-state index in [9.17, 15) is 8.42 Å². The SMILES string of the molecule is O=S(=O)(O)CC1=CCCC1. The molecule has 1 aliphatic carbocycles. The fourth-order valence-electron chi connectivity index (χ4n) is 1.10. The Kier molecular flexibility index (Phi) is 2.11. The first-order chi connectivity index (χ1) is 4.58. The van der Waals surface area contributed by atoms with Gasteiger partial charge in [0, 0.05) is 0 Å². The first kappa shape index (κ1) is 7.75. The minimum Gasteiger partial charge on any atom is -0.285 e. The van der Waals surface area contributed by atoms with Crippen LogP contribution in [-0.4, -0.2) is 18.7 Å². The predicted octanol–water partition coefficient (Wildman–Crippen LogP) is 0.985. The third-order valence-corrected chi connectivity index (χ3v) is 2.24. The van der Waals surface area contributed by atoms with E-state index in [0.29, 0.717) is 0 Å². The van der Waals surface area contributed by atoms with Crippen LogP contribution in [0.25, 0.3) is 0 Å². The molecule has 0 fully saturated rings. The summed E-state index contributed by atoms with van der Waals surface area (Å²) in [4.78, 5) is 0. The van der Waals surface area contributed by atoms with Crippen molar-refractivity contribution in [2.45, 2.75) is 19.3 Å². The summed E-state index contributed by atoms with van der Waals surface area (Å²) in [5, 5.41) is 0. The number of hydrogen-bond acceptors (Lipinski definition) is 2. The molecule has 0 aromatic carbocycles. The summed E-state index contributed by atoms with van der Waals surface area (Å²) in [6.07, 6.45) is 4.67. The Hall–Kier alpha value is -0.350. The van der Waals surface area contributed by atoms with Crippen LogP contribution in [0.5, 0.6) is 0 Å². The Labute approximate surface area is 60.5 Å². The van der Waals surface area contributed by atoms with Gasteiger partial charge < -0.3 is 0 Å². The van der Waals surface area contributed by atoms with E-state index in [1.54, 1.807) is 0 Å². The van der Waals surface area contributed by atoms with E-state index in [1.807, 2.05) is 6.08 Å². The van der Waals surface area contributed by atoms with Crippen LogP contribution < -0.4 is 0 Å². The molecule has 1 rings (SSSR count). The van der Waals surface area contributed by atoms with Crippen LogP contribution in [-0.2, 0) is 10.1 Å². The van der Waals surface area contributed by atoms with Crippen LogP contribution in [0.4, 0.5) is 0 Å². The molecular formula is C6H10O3S. The number of allylic oxidation sites excluding steroid dienone is 1. The molecule has 0 aromatic rings. The Morgan fingerprint density at radius 2 is 2.30 bits per heavy atom. The lowest BCUT2D eigenvalue weighted by Crippen LogP contribution is -2.04. The molecule has 0 radical (unpaired) electrons. The molecule has 10 heavy (non-hydrogen) atoms. The molecule has 0 heterocycles. The highest BCUT2D eigenvalue weighted by atomic mass is 32.2. The zero-order chi connectivity index (χ0) is 7.61. The number of rotatable bonds is 2. The van der Waals surface area contributed by atoms with Gasteiger partial charge in [-0.25, -0.2) is 0 Å². The molecule has 0 unspecified atom stereocenters. The van der Waals surface area contributed by atoms with Crippen LogP contribution in [0.1, 0.15) is 19.3 Å². The molecule has 0 saturated carbocycles. The van der Waals surface area contributed by atoms with E-state index in [0.717, 1.165) is 24.8 Å². The molecule has 1 N–H and O–H groups in total. The molecule has 4 heteroatoms. The largest absolute Gasteiger partial charge is 0.285 e. The van der Waals surface area contributed by atoms with Crippen LogP contribution in [0.2, 0.25) is 0 Å². The Bertz CT molecular complexity index is 238. The van der Waals surface area contributed by atoms with E-state index < -0.39 is 10.1 Å². The highest BCUT2D eigenvalue weighted by Gasteiger charge is 2.11. The second-order valence-electron chi connectivity index (χ2n) is 2.48. The fourth-order valence-corrected chi connectivity index (χ4v) is 1.83. The maximum atomic E-state index is 10.3. The van der Waals surface area contributed by atoms with Crippen molar-refractivity contribution in [3.05, 3.63) is 11.6 Å². The maximum Gasteiger partial charge on any atom is 0.268 e. The molecule has 0 aliphatic heterocycles. The molecule has 0 atom stereocenters. The van der Waals surface area contributed by atoms with Crippen LogP contribution in [0.15, 0.2) is 11.6 Å². The van der Waals surface area contributed by atoms with Crippen LogP contribution >= 0.6 is 0 Å². The Morgan fingerprint density at radius 3 is 2.70 bits per heavy atom. The summed E-state index contributed by atoms with van der Waals surface area (Å²) in [7, 11) is -3.78. The normalized spacial score (nSPS) is 19.1. The average molecular weight is 162 g/mol. The smallest absolute Gasteiger partial charge is 0.268 e. The van der Waals surface area contributed by atoms with E-state index >= 15 is 0 Å². The molecule has 0 amide bonds. The Balaban J connectivity index is 2.54. The summed E-state index contributed by atoms with van der Waals surface area (Å²) >= 11 is 0. The van der Waals surface area contributed by atoms with E-state index in [2.05, 4.69) is 0 Å². The van der Waals surface area contributed by atoms with Crippen molar-refractivity contribution in [1.82, 2.24) is 0 Å². The molecule has 0 bridgehead atoms. The van der Waals surface area contributed by atoms with Gasteiger partial charge in [-0.15, -0.1) is 0 Å². The quantitative estimate of drug-likeness (QED) is 0.486. The monoisotopic (exact) mass is 162 g/mol. The average Bonchev–Trinajstić information content (AvgIpc) is 2.12. The first-order valence-electron chi connectivity index (χ1n) is 3.21. The minimum atomic E-state index is -3.78. The second kappa shape index (κ2) is 2.72. The third-order valence-electron chi connectivity index (χ3n) is 1.50. The van der Waals surface area contributed by atoms with Crippen molar-refractivity contribution in [2.75, 3.05) is 5.75 Å². The zero-order valence-corrected chi connectivity index (χ0v) is 6.39. The van der Waals surface area contributed by atoms with Crippen molar-refractivity contribution in [1.29, 1.82) is 0 Å².